The first-order valence-electron chi connectivity index (χ1n) is 4.05. The standard InChI is InChI=1S/C8H18O3/c1-6(2)8(11)5-7(10)3-4-9/h6-11H,3-5H2,1-2H3/t7-,8+/m0/s1. The Morgan fingerprint density at radius 2 is 1.73 bits per heavy atom. The maximum atomic E-state index is 9.28. The van der Waals surface area contributed by atoms with Gasteiger partial charge in [0.25, 0.3) is 0 Å². The molecule has 0 rings (SSSR count). The number of rotatable bonds is 5. The van der Waals surface area contributed by atoms with E-state index >= 15 is 0 Å². The van der Waals surface area contributed by atoms with Gasteiger partial charge in [0, 0.05) is 6.61 Å². The Hall–Kier alpha value is -0.120. The highest BCUT2D eigenvalue weighted by molar-refractivity contribution is 4.65. The molecule has 0 aliphatic carbocycles. The van der Waals surface area contributed by atoms with Crippen LogP contribution in [0.15, 0.2) is 0 Å². The topological polar surface area (TPSA) is 60.7 Å². The predicted molar refractivity (Wildman–Crippen MR) is 43.2 cm³/mol. The van der Waals surface area contributed by atoms with Crippen molar-refractivity contribution in [3.63, 3.8) is 0 Å². The van der Waals surface area contributed by atoms with Gasteiger partial charge in [-0.15, -0.1) is 0 Å². The highest BCUT2D eigenvalue weighted by Gasteiger charge is 2.14. The van der Waals surface area contributed by atoms with Crippen molar-refractivity contribution in [2.24, 2.45) is 5.92 Å². The van der Waals surface area contributed by atoms with E-state index in [1.54, 1.807) is 0 Å². The van der Waals surface area contributed by atoms with Gasteiger partial charge < -0.3 is 15.3 Å². The van der Waals surface area contributed by atoms with Crippen LogP contribution in [0.4, 0.5) is 0 Å². The second kappa shape index (κ2) is 5.52. The minimum atomic E-state index is -0.572. The maximum absolute atomic E-state index is 9.28. The van der Waals surface area contributed by atoms with E-state index in [4.69, 9.17) is 10.2 Å². The first-order valence-corrected chi connectivity index (χ1v) is 4.05. The first-order chi connectivity index (χ1) is 5.07. The Morgan fingerprint density at radius 3 is 2.09 bits per heavy atom. The van der Waals surface area contributed by atoms with Crippen molar-refractivity contribution in [2.45, 2.75) is 38.9 Å². The van der Waals surface area contributed by atoms with Gasteiger partial charge in [-0.25, -0.2) is 0 Å². The largest absolute Gasteiger partial charge is 0.396 e. The monoisotopic (exact) mass is 162 g/mol. The molecule has 0 aliphatic heterocycles. The third-order valence-electron chi connectivity index (χ3n) is 1.75. The molecule has 0 saturated carbocycles. The molecular weight excluding hydrogens is 144 g/mol. The second-order valence-electron chi connectivity index (χ2n) is 3.21. The van der Waals surface area contributed by atoms with E-state index < -0.39 is 12.2 Å². The lowest BCUT2D eigenvalue weighted by Crippen LogP contribution is -2.22. The van der Waals surface area contributed by atoms with E-state index in [1.165, 1.54) is 0 Å². The van der Waals surface area contributed by atoms with Crippen LogP contribution in [-0.2, 0) is 0 Å². The summed E-state index contributed by atoms with van der Waals surface area (Å²) in [6, 6.07) is 0. The molecule has 0 saturated heterocycles. The minimum Gasteiger partial charge on any atom is -0.396 e. The summed E-state index contributed by atoms with van der Waals surface area (Å²) >= 11 is 0. The fourth-order valence-electron chi connectivity index (χ4n) is 0.818. The SMILES string of the molecule is CC(C)[C@H](O)C[C@@H](O)CCO. The smallest absolute Gasteiger partial charge is 0.0587 e. The molecule has 0 unspecified atom stereocenters. The van der Waals surface area contributed by atoms with Crippen molar-refractivity contribution >= 4 is 0 Å². The lowest BCUT2D eigenvalue weighted by Gasteiger charge is -2.17. The van der Waals surface area contributed by atoms with Gasteiger partial charge in [-0.05, 0) is 18.8 Å². The molecule has 3 N–H and O–H groups in total. The van der Waals surface area contributed by atoms with Gasteiger partial charge in [0.05, 0.1) is 12.2 Å². The van der Waals surface area contributed by atoms with E-state index in [0.29, 0.717) is 12.8 Å². The lowest BCUT2D eigenvalue weighted by atomic mass is 10.00. The van der Waals surface area contributed by atoms with Gasteiger partial charge in [-0.1, -0.05) is 13.8 Å². The highest BCUT2D eigenvalue weighted by atomic mass is 16.3. The summed E-state index contributed by atoms with van der Waals surface area (Å²) in [7, 11) is 0. The summed E-state index contributed by atoms with van der Waals surface area (Å²) in [6.45, 7) is 3.78. The summed E-state index contributed by atoms with van der Waals surface area (Å²) < 4.78 is 0. The highest BCUT2D eigenvalue weighted by Crippen LogP contribution is 2.09. The third-order valence-corrected chi connectivity index (χ3v) is 1.75. The van der Waals surface area contributed by atoms with E-state index in [2.05, 4.69) is 0 Å². The van der Waals surface area contributed by atoms with E-state index in [0.717, 1.165) is 0 Å². The molecular formula is C8H18O3. The van der Waals surface area contributed by atoms with E-state index in [-0.39, 0.29) is 12.5 Å². The molecule has 0 bridgehead atoms. The Labute approximate surface area is 67.7 Å². The second-order valence-corrected chi connectivity index (χ2v) is 3.21. The zero-order valence-electron chi connectivity index (χ0n) is 7.20. The molecule has 0 aromatic carbocycles. The van der Waals surface area contributed by atoms with Crippen molar-refractivity contribution < 1.29 is 15.3 Å². The molecule has 3 nitrogen and oxygen atoms in total. The Balaban J connectivity index is 3.48. The predicted octanol–water partition coefficient (Wildman–Crippen LogP) is 0.137. The van der Waals surface area contributed by atoms with Crippen molar-refractivity contribution in [2.75, 3.05) is 6.61 Å². The molecule has 11 heavy (non-hydrogen) atoms. The fraction of sp³-hybridized carbons (Fsp3) is 1.00. The number of aliphatic hydroxyl groups excluding tert-OH is 3. The summed E-state index contributed by atoms with van der Waals surface area (Å²) in [5.74, 6) is 0.170. The van der Waals surface area contributed by atoms with Crippen LogP contribution < -0.4 is 0 Å². The number of aliphatic hydroxyl groups is 3. The van der Waals surface area contributed by atoms with Crippen LogP contribution in [0.5, 0.6) is 0 Å². The van der Waals surface area contributed by atoms with Gasteiger partial charge in [0.2, 0.25) is 0 Å². The average molecular weight is 162 g/mol. The van der Waals surface area contributed by atoms with Crippen LogP contribution in [0.1, 0.15) is 26.7 Å². The summed E-state index contributed by atoms with van der Waals surface area (Å²) in [6.07, 6.45) is -0.323. The van der Waals surface area contributed by atoms with Gasteiger partial charge in [0.15, 0.2) is 0 Å². The van der Waals surface area contributed by atoms with Gasteiger partial charge >= 0.3 is 0 Å². The molecule has 0 radical (unpaired) electrons. The van der Waals surface area contributed by atoms with Crippen molar-refractivity contribution in [3.05, 3.63) is 0 Å². The first kappa shape index (κ1) is 10.9. The van der Waals surface area contributed by atoms with Crippen LogP contribution in [0.2, 0.25) is 0 Å². The lowest BCUT2D eigenvalue weighted by molar-refractivity contribution is 0.0421. The molecule has 3 heteroatoms. The minimum absolute atomic E-state index is 0.0218. The number of hydrogen-bond acceptors (Lipinski definition) is 3. The summed E-state index contributed by atoms with van der Waals surface area (Å²) in [5.41, 5.74) is 0. The van der Waals surface area contributed by atoms with Gasteiger partial charge in [0.1, 0.15) is 0 Å². The van der Waals surface area contributed by atoms with E-state index in [9.17, 15) is 5.11 Å². The normalized spacial score (nSPS) is 16.9. The van der Waals surface area contributed by atoms with Crippen LogP contribution >= 0.6 is 0 Å². The molecule has 68 valence electrons. The molecule has 0 aromatic rings. The molecule has 0 heterocycles. The average Bonchev–Trinajstić information content (AvgIpc) is 1.87. The zero-order valence-corrected chi connectivity index (χ0v) is 7.20. The third kappa shape index (κ3) is 5.18. The fourth-order valence-corrected chi connectivity index (χ4v) is 0.818. The molecule has 0 amide bonds. The Bertz CT molecular complexity index is 93.3. The van der Waals surface area contributed by atoms with Crippen LogP contribution in [-0.4, -0.2) is 34.1 Å². The van der Waals surface area contributed by atoms with Crippen LogP contribution in [0, 0.1) is 5.92 Å². The number of hydrogen-bond donors (Lipinski definition) is 3. The molecule has 2 atom stereocenters. The molecule has 0 aliphatic rings. The Kier molecular flexibility index (Phi) is 5.46. The van der Waals surface area contributed by atoms with Gasteiger partial charge in [-0.3, -0.25) is 0 Å². The summed E-state index contributed by atoms with van der Waals surface area (Å²) in [5, 5.41) is 26.9. The quantitative estimate of drug-likeness (QED) is 0.539. The van der Waals surface area contributed by atoms with Crippen molar-refractivity contribution in [1.29, 1.82) is 0 Å². The van der Waals surface area contributed by atoms with E-state index in [1.807, 2.05) is 13.8 Å². The summed E-state index contributed by atoms with van der Waals surface area (Å²) in [4.78, 5) is 0. The Morgan fingerprint density at radius 1 is 1.18 bits per heavy atom. The van der Waals surface area contributed by atoms with Gasteiger partial charge in [-0.2, -0.15) is 0 Å². The van der Waals surface area contributed by atoms with Crippen molar-refractivity contribution in [3.8, 4) is 0 Å². The van der Waals surface area contributed by atoms with Crippen molar-refractivity contribution in [1.82, 2.24) is 0 Å². The molecule has 0 fully saturated rings. The zero-order chi connectivity index (χ0) is 8.85. The van der Waals surface area contributed by atoms with Crippen LogP contribution in [0.3, 0.4) is 0 Å². The molecule has 0 aromatic heterocycles. The maximum Gasteiger partial charge on any atom is 0.0587 e. The molecule has 0 spiro atoms. The van der Waals surface area contributed by atoms with Crippen LogP contribution in [0.25, 0.3) is 0 Å².